The van der Waals surface area contributed by atoms with Gasteiger partial charge in [-0.2, -0.15) is 0 Å². The number of fused-ring (bicyclic) bond motifs is 10. The van der Waals surface area contributed by atoms with E-state index in [9.17, 15) is 0 Å². The van der Waals surface area contributed by atoms with E-state index in [-0.39, 0.29) is 0 Å². The largest absolute Gasteiger partial charge is 0.452 e. The van der Waals surface area contributed by atoms with Gasteiger partial charge in [-0.25, -0.2) is 0 Å². The van der Waals surface area contributed by atoms with Gasteiger partial charge in [0.25, 0.3) is 0 Å². The molecule has 118 valence electrons. The summed E-state index contributed by atoms with van der Waals surface area (Å²) in [4.78, 5) is 0. The molecule has 0 saturated heterocycles. The number of hydrogen-bond donors (Lipinski definition) is 0. The minimum Gasteiger partial charge on any atom is -0.452 e. The summed E-state index contributed by atoms with van der Waals surface area (Å²) in [6.45, 7) is 0. The third-order valence-electron chi connectivity index (χ3n) is 4.92. The Labute approximate surface area is 147 Å². The molecular formula is C22H11ClO2. The smallest absolute Gasteiger partial charge is 0.179 e. The summed E-state index contributed by atoms with van der Waals surface area (Å²) in [6.07, 6.45) is 0. The second-order valence-electron chi connectivity index (χ2n) is 6.29. The van der Waals surface area contributed by atoms with E-state index in [0.717, 1.165) is 54.6 Å². The number of rotatable bonds is 0. The molecule has 0 aliphatic carbocycles. The fraction of sp³-hybridized carbons (Fsp3) is 0. The molecule has 4 aromatic carbocycles. The summed E-state index contributed by atoms with van der Waals surface area (Å²) in [5.74, 6) is 0. The van der Waals surface area contributed by atoms with Gasteiger partial charge in [0.05, 0.1) is 0 Å². The lowest BCUT2D eigenvalue weighted by atomic mass is 9.99. The molecule has 25 heavy (non-hydrogen) atoms. The molecule has 0 bridgehead atoms. The highest BCUT2D eigenvalue weighted by Gasteiger charge is 2.20. The molecule has 2 nitrogen and oxygen atoms in total. The third-order valence-corrected chi connectivity index (χ3v) is 5.15. The van der Waals surface area contributed by atoms with Crippen LogP contribution < -0.4 is 0 Å². The highest BCUT2D eigenvalue weighted by molar-refractivity contribution is 6.35. The van der Waals surface area contributed by atoms with E-state index >= 15 is 0 Å². The first-order chi connectivity index (χ1) is 12.3. The van der Waals surface area contributed by atoms with Crippen molar-refractivity contribution in [3.63, 3.8) is 0 Å². The lowest BCUT2D eigenvalue weighted by Crippen LogP contribution is -1.77. The van der Waals surface area contributed by atoms with Crippen LogP contribution in [0.2, 0.25) is 5.02 Å². The molecule has 6 rings (SSSR count). The minimum atomic E-state index is 0.698. The van der Waals surface area contributed by atoms with Gasteiger partial charge in [-0.15, -0.1) is 0 Å². The van der Waals surface area contributed by atoms with Crippen LogP contribution in [0.25, 0.3) is 54.6 Å². The van der Waals surface area contributed by atoms with Gasteiger partial charge < -0.3 is 8.83 Å². The van der Waals surface area contributed by atoms with Crippen molar-refractivity contribution in [2.45, 2.75) is 0 Å². The van der Waals surface area contributed by atoms with Gasteiger partial charge >= 0.3 is 0 Å². The summed E-state index contributed by atoms with van der Waals surface area (Å²) in [5, 5.41) is 7.29. The Morgan fingerprint density at radius 1 is 0.560 bits per heavy atom. The van der Waals surface area contributed by atoms with Crippen molar-refractivity contribution in [1.82, 2.24) is 0 Å². The molecule has 0 aliphatic heterocycles. The van der Waals surface area contributed by atoms with Gasteiger partial charge in [0.2, 0.25) is 0 Å². The standard InChI is InChI=1S/C22H11ClO2/c23-12-9-10-18-16(11-12)20-14-6-2-1-5-13(14)19-15-7-3-4-8-17(15)24-21(19)22(20)25-18/h1-11H. The highest BCUT2D eigenvalue weighted by atomic mass is 35.5. The van der Waals surface area contributed by atoms with Crippen LogP contribution in [0.1, 0.15) is 0 Å². The Morgan fingerprint density at radius 2 is 1.12 bits per heavy atom. The Kier molecular flexibility index (Phi) is 2.43. The molecule has 0 aliphatic rings. The third kappa shape index (κ3) is 1.65. The average Bonchev–Trinajstić information content (AvgIpc) is 3.20. The molecule has 2 aromatic heterocycles. The fourth-order valence-electron chi connectivity index (χ4n) is 3.89. The van der Waals surface area contributed by atoms with E-state index in [2.05, 4.69) is 30.3 Å². The number of benzene rings is 4. The summed E-state index contributed by atoms with van der Waals surface area (Å²) in [7, 11) is 0. The quantitative estimate of drug-likeness (QED) is 0.289. The maximum Gasteiger partial charge on any atom is 0.179 e. The van der Waals surface area contributed by atoms with E-state index in [1.54, 1.807) is 0 Å². The van der Waals surface area contributed by atoms with Crippen LogP contribution in [0, 0.1) is 0 Å². The molecule has 0 N–H and O–H groups in total. The molecule has 6 aromatic rings. The molecule has 3 heteroatoms. The molecule has 0 saturated carbocycles. The van der Waals surface area contributed by atoms with Gasteiger partial charge in [-0.1, -0.05) is 54.1 Å². The lowest BCUT2D eigenvalue weighted by molar-refractivity contribution is 0.633. The van der Waals surface area contributed by atoms with Gasteiger partial charge in [0.15, 0.2) is 11.2 Å². The van der Waals surface area contributed by atoms with Crippen molar-refractivity contribution in [2.75, 3.05) is 0 Å². The normalized spacial score (nSPS) is 12.2. The van der Waals surface area contributed by atoms with Crippen molar-refractivity contribution in [2.24, 2.45) is 0 Å². The van der Waals surface area contributed by atoms with Crippen LogP contribution in [0.15, 0.2) is 75.6 Å². The second kappa shape index (κ2) is 4.56. The molecule has 2 heterocycles. The fourth-order valence-corrected chi connectivity index (χ4v) is 4.06. The Hall–Kier alpha value is -2.97. The van der Waals surface area contributed by atoms with E-state index < -0.39 is 0 Å². The summed E-state index contributed by atoms with van der Waals surface area (Å²) >= 11 is 6.24. The van der Waals surface area contributed by atoms with Crippen molar-refractivity contribution >= 4 is 66.3 Å². The maximum absolute atomic E-state index is 6.24. The van der Waals surface area contributed by atoms with Crippen LogP contribution in [-0.2, 0) is 0 Å². The molecular weight excluding hydrogens is 332 g/mol. The monoisotopic (exact) mass is 342 g/mol. The lowest BCUT2D eigenvalue weighted by Gasteiger charge is -2.02. The zero-order chi connectivity index (χ0) is 16.5. The van der Waals surface area contributed by atoms with Gasteiger partial charge in [0.1, 0.15) is 11.2 Å². The van der Waals surface area contributed by atoms with E-state index in [1.807, 2.05) is 36.4 Å². The zero-order valence-corrected chi connectivity index (χ0v) is 13.8. The van der Waals surface area contributed by atoms with Crippen LogP contribution in [0.3, 0.4) is 0 Å². The second-order valence-corrected chi connectivity index (χ2v) is 6.73. The van der Waals surface area contributed by atoms with Crippen LogP contribution >= 0.6 is 11.6 Å². The molecule has 0 radical (unpaired) electrons. The van der Waals surface area contributed by atoms with E-state index in [4.69, 9.17) is 20.4 Å². The Bertz CT molecular complexity index is 1450. The maximum atomic E-state index is 6.24. The topological polar surface area (TPSA) is 26.3 Å². The zero-order valence-electron chi connectivity index (χ0n) is 13.0. The molecule has 0 amide bonds. The van der Waals surface area contributed by atoms with Gasteiger partial charge in [0, 0.05) is 26.6 Å². The summed E-state index contributed by atoms with van der Waals surface area (Å²) in [6, 6.07) is 22.2. The molecule has 0 unspecified atom stereocenters. The van der Waals surface area contributed by atoms with Crippen molar-refractivity contribution in [3.8, 4) is 0 Å². The molecule has 0 fully saturated rings. The van der Waals surface area contributed by atoms with Crippen LogP contribution in [0.5, 0.6) is 0 Å². The van der Waals surface area contributed by atoms with Crippen LogP contribution in [-0.4, -0.2) is 0 Å². The highest BCUT2D eigenvalue weighted by Crippen LogP contribution is 2.44. The van der Waals surface area contributed by atoms with Gasteiger partial charge in [-0.3, -0.25) is 0 Å². The van der Waals surface area contributed by atoms with Crippen molar-refractivity contribution in [3.05, 3.63) is 71.8 Å². The summed E-state index contributed by atoms with van der Waals surface area (Å²) in [5.41, 5.74) is 3.26. The predicted molar refractivity (Wildman–Crippen MR) is 104 cm³/mol. The predicted octanol–water partition coefficient (Wildman–Crippen LogP) is 7.29. The van der Waals surface area contributed by atoms with Crippen molar-refractivity contribution in [1.29, 1.82) is 0 Å². The first-order valence-corrected chi connectivity index (χ1v) is 8.53. The SMILES string of the molecule is Clc1ccc2oc3c4oc5ccccc5c4c4ccccc4c3c2c1. The number of para-hydroxylation sites is 1. The van der Waals surface area contributed by atoms with Crippen LogP contribution in [0.4, 0.5) is 0 Å². The van der Waals surface area contributed by atoms with E-state index in [1.165, 1.54) is 0 Å². The van der Waals surface area contributed by atoms with Crippen molar-refractivity contribution < 1.29 is 8.83 Å². The number of furan rings is 2. The first-order valence-electron chi connectivity index (χ1n) is 8.15. The summed E-state index contributed by atoms with van der Waals surface area (Å²) < 4.78 is 12.4. The van der Waals surface area contributed by atoms with E-state index in [0.29, 0.717) is 5.02 Å². The molecule has 0 spiro atoms. The molecule has 0 atom stereocenters. The minimum absolute atomic E-state index is 0.698. The first kappa shape index (κ1) is 13.3. The Balaban J connectivity index is 2.04. The Morgan fingerprint density at radius 3 is 1.84 bits per heavy atom. The average molecular weight is 343 g/mol. The van der Waals surface area contributed by atoms with Gasteiger partial charge in [-0.05, 0) is 35.0 Å². The number of hydrogen-bond acceptors (Lipinski definition) is 2. The number of halogens is 1.